The van der Waals surface area contributed by atoms with Crippen molar-refractivity contribution in [1.82, 2.24) is 0 Å². The molecule has 0 saturated carbocycles. The predicted molar refractivity (Wildman–Crippen MR) is 285 cm³/mol. The van der Waals surface area contributed by atoms with Crippen LogP contribution in [0.15, 0.2) is 89.3 Å². The Morgan fingerprint density at radius 2 is 0.609 bits per heavy atom. The van der Waals surface area contributed by atoms with E-state index in [4.69, 9.17) is 4.42 Å². The Kier molecular flexibility index (Phi) is 22.6. The van der Waals surface area contributed by atoms with Crippen LogP contribution in [0.4, 0.5) is 0 Å². The van der Waals surface area contributed by atoms with Crippen molar-refractivity contribution in [2.24, 2.45) is 0 Å². The summed E-state index contributed by atoms with van der Waals surface area (Å²) in [5, 5.41) is 7.75. The maximum atomic E-state index is 6.90. The number of benzene rings is 5. The average molecular weight is 862 g/mol. The summed E-state index contributed by atoms with van der Waals surface area (Å²) in [5.41, 5.74) is 8.95. The fourth-order valence-corrected chi connectivity index (χ4v) is 10.5. The summed E-state index contributed by atoms with van der Waals surface area (Å²) in [7, 11) is 0. The molecule has 1 aromatic heterocycles. The minimum atomic E-state index is 0.976. The van der Waals surface area contributed by atoms with Gasteiger partial charge in [0.15, 0.2) is 0 Å². The van der Waals surface area contributed by atoms with Crippen LogP contribution in [0.25, 0.3) is 54.6 Å². The van der Waals surface area contributed by atoms with Gasteiger partial charge >= 0.3 is 11.2 Å². The van der Waals surface area contributed by atoms with E-state index < -0.39 is 0 Å². The molecule has 0 bridgehead atoms. The molecule has 6 aromatic rings. The number of unbranched alkanes of at least 4 members (excludes halogenated alkanes) is 27. The average Bonchev–Trinajstić information content (AvgIpc) is 3.32. The third kappa shape index (κ3) is 15.7. The normalized spacial score (nSPS) is 11.9. The molecular weight excluding hydrogens is 773 g/mol. The van der Waals surface area contributed by atoms with Crippen LogP contribution in [0.1, 0.15) is 230 Å². The molecule has 1 nitrogen and oxygen atoms in total. The van der Waals surface area contributed by atoms with Crippen molar-refractivity contribution in [3.8, 4) is 11.1 Å². The van der Waals surface area contributed by atoms with E-state index in [1.54, 1.807) is 0 Å². The van der Waals surface area contributed by atoms with Crippen molar-refractivity contribution < 1.29 is 4.42 Å². The highest BCUT2D eigenvalue weighted by Crippen LogP contribution is 2.43. The van der Waals surface area contributed by atoms with E-state index >= 15 is 0 Å². The summed E-state index contributed by atoms with van der Waals surface area (Å²) in [5.74, 6) is 0. The molecule has 0 radical (unpaired) electrons. The first kappa shape index (κ1) is 49.7. The molecule has 0 atom stereocenters. The van der Waals surface area contributed by atoms with Gasteiger partial charge < -0.3 is 0 Å². The Labute approximate surface area is 391 Å². The maximum absolute atomic E-state index is 6.90. The van der Waals surface area contributed by atoms with Crippen molar-refractivity contribution in [2.75, 3.05) is 0 Å². The summed E-state index contributed by atoms with van der Waals surface area (Å²) in [6, 6.07) is 33.3. The number of hydrogen-bond acceptors (Lipinski definition) is 0. The first-order valence-corrected chi connectivity index (χ1v) is 27.5. The third-order valence-electron chi connectivity index (χ3n) is 14.5. The van der Waals surface area contributed by atoms with E-state index in [1.165, 1.54) is 253 Å². The number of hydrogen-bond donors (Lipinski definition) is 0. The molecule has 64 heavy (non-hydrogen) atoms. The molecule has 5 aromatic carbocycles. The summed E-state index contributed by atoms with van der Waals surface area (Å²) < 4.78 is 6.90. The largest absolute Gasteiger partial charge is 0.362 e. The van der Waals surface area contributed by atoms with Crippen molar-refractivity contribution in [1.29, 1.82) is 0 Å². The second kappa shape index (κ2) is 29.0. The topological polar surface area (TPSA) is 11.3 Å². The molecule has 0 aliphatic heterocycles. The van der Waals surface area contributed by atoms with Gasteiger partial charge in [-0.2, -0.15) is 0 Å². The lowest BCUT2D eigenvalue weighted by molar-refractivity contribution is 0.556. The van der Waals surface area contributed by atoms with Gasteiger partial charge in [0.05, 0.1) is 10.8 Å². The van der Waals surface area contributed by atoms with Gasteiger partial charge in [-0.15, -0.1) is 0 Å². The standard InChI is InChI=1S/C63H89O/c1-4-7-10-13-16-19-22-25-28-31-34-51-37-41-54(42-38-51)61-62-57-45-39-52(35-32-29-26-23-20-17-14-11-8-5-2)49-55(57)43-47-59(62)64-60-48-44-56-50-53(40-46-58(56)63(60)61)36-33-30-27-24-21-18-15-12-9-6-3/h37-50H,4-36H2,1-3H3/q+1. The van der Waals surface area contributed by atoms with Gasteiger partial charge in [-0.05, 0) is 94.5 Å². The molecule has 346 valence electrons. The third-order valence-corrected chi connectivity index (χ3v) is 14.5. The van der Waals surface area contributed by atoms with E-state index in [9.17, 15) is 0 Å². The van der Waals surface area contributed by atoms with Crippen LogP contribution < -0.4 is 0 Å². The Morgan fingerprint density at radius 3 is 0.969 bits per heavy atom. The van der Waals surface area contributed by atoms with Gasteiger partial charge in [-0.1, -0.05) is 255 Å². The van der Waals surface area contributed by atoms with Gasteiger partial charge in [0.25, 0.3) is 0 Å². The van der Waals surface area contributed by atoms with Gasteiger partial charge in [-0.25, -0.2) is 4.42 Å². The zero-order valence-electron chi connectivity index (χ0n) is 41.3. The Morgan fingerprint density at radius 1 is 0.297 bits per heavy atom. The zero-order chi connectivity index (χ0) is 44.4. The van der Waals surface area contributed by atoms with Crippen LogP contribution in [-0.2, 0) is 19.3 Å². The monoisotopic (exact) mass is 862 g/mol. The molecule has 0 amide bonds. The molecule has 0 N–H and O–H groups in total. The molecule has 0 aliphatic rings. The first-order valence-electron chi connectivity index (χ1n) is 27.5. The number of fused-ring (bicyclic) bond motifs is 6. The summed E-state index contributed by atoms with van der Waals surface area (Å²) in [6.45, 7) is 6.92. The highest BCUT2D eigenvalue weighted by atomic mass is 16.3. The van der Waals surface area contributed by atoms with Gasteiger partial charge in [-0.3, -0.25) is 0 Å². The minimum Gasteiger partial charge on any atom is -0.207 e. The van der Waals surface area contributed by atoms with Gasteiger partial charge in [0.1, 0.15) is 0 Å². The number of rotatable bonds is 34. The van der Waals surface area contributed by atoms with Crippen LogP contribution in [0.3, 0.4) is 0 Å². The molecular formula is C63H89O+. The van der Waals surface area contributed by atoms with Crippen molar-refractivity contribution in [2.45, 2.75) is 233 Å². The molecule has 1 heterocycles. The lowest BCUT2D eigenvalue weighted by Gasteiger charge is -2.12. The highest BCUT2D eigenvalue weighted by Gasteiger charge is 2.24. The maximum Gasteiger partial charge on any atom is 0.362 e. The Balaban J connectivity index is 1.19. The highest BCUT2D eigenvalue weighted by molar-refractivity contribution is 6.24. The lowest BCUT2D eigenvalue weighted by atomic mass is 9.89. The molecule has 0 saturated heterocycles. The van der Waals surface area contributed by atoms with Crippen LogP contribution in [0, 0.1) is 0 Å². The molecule has 0 aliphatic carbocycles. The minimum absolute atomic E-state index is 0.976. The zero-order valence-corrected chi connectivity index (χ0v) is 41.3. The van der Waals surface area contributed by atoms with Crippen molar-refractivity contribution >= 4 is 43.5 Å². The Hall–Kier alpha value is -3.71. The van der Waals surface area contributed by atoms with E-state index in [-0.39, 0.29) is 0 Å². The van der Waals surface area contributed by atoms with E-state index in [0.29, 0.717) is 0 Å². The summed E-state index contributed by atoms with van der Waals surface area (Å²) in [6.07, 6.45) is 44.9. The molecule has 0 unspecified atom stereocenters. The van der Waals surface area contributed by atoms with Crippen LogP contribution >= 0.6 is 0 Å². The predicted octanol–water partition coefficient (Wildman–Crippen LogP) is 21.2. The van der Waals surface area contributed by atoms with Crippen LogP contribution in [0.5, 0.6) is 0 Å². The van der Waals surface area contributed by atoms with Gasteiger partial charge in [0, 0.05) is 17.7 Å². The van der Waals surface area contributed by atoms with Crippen LogP contribution in [0.2, 0.25) is 0 Å². The van der Waals surface area contributed by atoms with E-state index in [1.807, 2.05) is 0 Å². The fraction of sp³-hybridized carbons (Fsp3) is 0.571. The van der Waals surface area contributed by atoms with E-state index in [2.05, 4.69) is 106 Å². The Bertz CT molecular complexity index is 2090. The smallest absolute Gasteiger partial charge is 0.207 e. The van der Waals surface area contributed by atoms with E-state index in [0.717, 1.165) is 30.4 Å². The first-order chi connectivity index (χ1) is 31.7. The lowest BCUT2D eigenvalue weighted by Crippen LogP contribution is -1.92. The summed E-state index contributed by atoms with van der Waals surface area (Å²) in [4.78, 5) is 0. The molecule has 6 rings (SSSR count). The fourth-order valence-electron chi connectivity index (χ4n) is 10.5. The molecule has 0 fully saturated rings. The second-order valence-electron chi connectivity index (χ2n) is 20.0. The van der Waals surface area contributed by atoms with Crippen molar-refractivity contribution in [3.05, 3.63) is 102 Å². The van der Waals surface area contributed by atoms with Gasteiger partial charge in [0.2, 0.25) is 0 Å². The summed E-state index contributed by atoms with van der Waals surface area (Å²) >= 11 is 0. The van der Waals surface area contributed by atoms with Crippen LogP contribution in [-0.4, -0.2) is 0 Å². The SMILES string of the molecule is CCCCCCCCCCCCc1ccc(-c2c3c(ccc4cc(CCCCCCCCCCCC)ccc43)[o+]c3ccc4cc(CCCCCCCCCCCC)ccc4c23)cc1. The molecule has 1 heteroatoms. The number of aryl methyl sites for hydroxylation is 3. The second-order valence-corrected chi connectivity index (χ2v) is 20.0. The quantitative estimate of drug-likeness (QED) is 0.0170. The molecule has 0 spiro atoms. The van der Waals surface area contributed by atoms with Crippen molar-refractivity contribution in [3.63, 3.8) is 0 Å².